The molecule has 0 spiro atoms. The number of primary amides is 1. The van der Waals surface area contributed by atoms with Crippen LogP contribution in [0.5, 0.6) is 0 Å². The van der Waals surface area contributed by atoms with Gasteiger partial charge in [-0.25, -0.2) is 8.78 Å². The molecule has 5 N–H and O–H groups in total. The summed E-state index contributed by atoms with van der Waals surface area (Å²) in [5.41, 5.74) is 6.30. The van der Waals surface area contributed by atoms with Crippen molar-refractivity contribution in [2.24, 2.45) is 5.73 Å². The van der Waals surface area contributed by atoms with Crippen LogP contribution in [0.4, 0.5) is 8.78 Å². The Morgan fingerprint density at radius 2 is 1.87 bits per heavy atom. The highest BCUT2D eigenvalue weighted by Gasteiger charge is 2.34. The third kappa shape index (κ3) is 7.91. The molecule has 10 nitrogen and oxygen atoms in total. The number of aliphatic carboxylic acids is 1. The number of hydrogen-bond donors (Lipinski definition) is 4. The number of nitrogens with two attached hydrogens (primary N) is 1. The first kappa shape index (κ1) is 29.9. The Labute approximate surface area is 234 Å². The van der Waals surface area contributed by atoms with Gasteiger partial charge in [0, 0.05) is 11.3 Å². The number of carboxylic acids is 1. The molecule has 0 aliphatic carbocycles. The average molecular weight is 597 g/mol. The lowest BCUT2D eigenvalue weighted by Gasteiger charge is -2.20. The van der Waals surface area contributed by atoms with Crippen LogP contribution in [0, 0.1) is 11.6 Å². The van der Waals surface area contributed by atoms with Gasteiger partial charge in [0.05, 0.1) is 4.91 Å². The van der Waals surface area contributed by atoms with Crippen LogP contribution in [0.1, 0.15) is 24.6 Å². The number of benzene rings is 1. The maximum Gasteiger partial charge on any atom is 0.303 e. The molecule has 1 fully saturated rings. The molecule has 39 heavy (non-hydrogen) atoms. The summed E-state index contributed by atoms with van der Waals surface area (Å²) >= 11 is 7.49. The summed E-state index contributed by atoms with van der Waals surface area (Å²) in [5.74, 6) is -6.01. The van der Waals surface area contributed by atoms with E-state index in [1.54, 1.807) is 17.5 Å². The lowest BCUT2D eigenvalue weighted by atomic mass is 10.1. The van der Waals surface area contributed by atoms with Gasteiger partial charge in [-0.15, -0.1) is 11.3 Å². The summed E-state index contributed by atoms with van der Waals surface area (Å²) in [4.78, 5) is 61.9. The van der Waals surface area contributed by atoms with Crippen molar-refractivity contribution in [3.63, 3.8) is 0 Å². The van der Waals surface area contributed by atoms with Crippen molar-refractivity contribution in [3.05, 3.63) is 51.1 Å². The standard InChI is InChI=1S/C24H22F2N4O6S3/c1-11(22(35)29-17(21(27)34)4-5-20(32)33)28-19(31)9-30-23(36)18(39-24(30)37)8-14-6-13(10-38-14)12-2-3-15(25)16(26)7-12/h2-3,6-8,10-11,17H,4-5,9H2,1H3,(H2,27,34)(H,28,31)(H,29,35)(H,32,33)/t11-,17-/m0/s1. The fourth-order valence-electron chi connectivity index (χ4n) is 3.37. The molecule has 0 saturated carbocycles. The van der Waals surface area contributed by atoms with E-state index in [0.29, 0.717) is 16.0 Å². The van der Waals surface area contributed by atoms with E-state index in [1.807, 2.05) is 0 Å². The van der Waals surface area contributed by atoms with E-state index in [1.165, 1.54) is 24.3 Å². The third-order valence-corrected chi connectivity index (χ3v) is 7.66. The molecular weight excluding hydrogens is 574 g/mol. The molecule has 0 unspecified atom stereocenters. The summed E-state index contributed by atoms with van der Waals surface area (Å²) < 4.78 is 26.9. The third-order valence-electron chi connectivity index (χ3n) is 5.40. The highest BCUT2D eigenvalue weighted by Crippen LogP contribution is 2.35. The minimum absolute atomic E-state index is 0.123. The Morgan fingerprint density at radius 1 is 1.15 bits per heavy atom. The Hall–Kier alpha value is -3.69. The highest BCUT2D eigenvalue weighted by atomic mass is 32.2. The largest absolute Gasteiger partial charge is 0.481 e. The second-order valence-corrected chi connectivity index (χ2v) is 10.9. The predicted octanol–water partition coefficient (Wildman–Crippen LogP) is 2.23. The van der Waals surface area contributed by atoms with Gasteiger partial charge in [0.15, 0.2) is 11.6 Å². The van der Waals surface area contributed by atoms with Crippen molar-refractivity contribution < 1.29 is 37.9 Å². The molecule has 2 heterocycles. The van der Waals surface area contributed by atoms with Crippen LogP contribution in [-0.2, 0) is 24.0 Å². The van der Waals surface area contributed by atoms with Gasteiger partial charge in [0.25, 0.3) is 5.91 Å². The van der Waals surface area contributed by atoms with Crippen molar-refractivity contribution in [2.45, 2.75) is 31.8 Å². The van der Waals surface area contributed by atoms with E-state index in [-0.39, 0.29) is 15.6 Å². The van der Waals surface area contributed by atoms with Crippen molar-refractivity contribution in [1.82, 2.24) is 15.5 Å². The van der Waals surface area contributed by atoms with Crippen LogP contribution in [0.25, 0.3) is 17.2 Å². The first-order chi connectivity index (χ1) is 18.3. The molecule has 206 valence electrons. The molecule has 3 rings (SSSR count). The number of carboxylic acid groups (broad SMARTS) is 1. The van der Waals surface area contributed by atoms with Crippen molar-refractivity contribution in [1.29, 1.82) is 0 Å². The summed E-state index contributed by atoms with van der Waals surface area (Å²) in [6.07, 6.45) is 0.961. The number of hydrogen-bond acceptors (Lipinski definition) is 8. The van der Waals surface area contributed by atoms with Gasteiger partial charge < -0.3 is 21.5 Å². The average Bonchev–Trinajstić information content (AvgIpc) is 3.43. The molecule has 1 aliphatic rings. The van der Waals surface area contributed by atoms with Crippen LogP contribution in [-0.4, -0.2) is 62.6 Å². The molecule has 4 amide bonds. The van der Waals surface area contributed by atoms with Gasteiger partial charge in [0.2, 0.25) is 17.7 Å². The molecule has 1 aromatic carbocycles. The quantitative estimate of drug-likeness (QED) is 0.227. The SMILES string of the molecule is C[C@H](NC(=O)CN1C(=O)C(=Cc2cc(-c3ccc(F)c(F)c3)cs2)SC1=S)C(=O)N[C@@H](CCC(=O)O)C(N)=O. The summed E-state index contributed by atoms with van der Waals surface area (Å²) in [6.45, 7) is 0.872. The number of amides is 4. The Bertz CT molecular complexity index is 1380. The zero-order valence-electron chi connectivity index (χ0n) is 20.2. The number of nitrogens with one attached hydrogen (secondary N) is 2. The van der Waals surface area contributed by atoms with Gasteiger partial charge in [-0.05, 0) is 54.1 Å². The first-order valence-corrected chi connectivity index (χ1v) is 13.4. The first-order valence-electron chi connectivity index (χ1n) is 11.3. The second-order valence-electron chi connectivity index (χ2n) is 8.32. The smallest absolute Gasteiger partial charge is 0.303 e. The Morgan fingerprint density at radius 3 is 2.51 bits per heavy atom. The van der Waals surface area contributed by atoms with E-state index in [0.717, 1.165) is 28.8 Å². The van der Waals surface area contributed by atoms with E-state index in [2.05, 4.69) is 10.6 Å². The zero-order chi connectivity index (χ0) is 28.9. The number of nitrogens with zero attached hydrogens (tertiary/aromatic N) is 1. The molecule has 1 aliphatic heterocycles. The minimum Gasteiger partial charge on any atom is -0.481 e. The molecule has 2 aromatic rings. The number of thioether (sulfide) groups is 1. The zero-order valence-corrected chi connectivity index (χ0v) is 22.7. The molecule has 15 heteroatoms. The monoisotopic (exact) mass is 596 g/mol. The van der Waals surface area contributed by atoms with Crippen molar-refractivity contribution >= 4 is 75.3 Å². The van der Waals surface area contributed by atoms with Crippen LogP contribution >= 0.6 is 35.3 Å². The molecule has 0 radical (unpaired) electrons. The molecule has 2 atom stereocenters. The van der Waals surface area contributed by atoms with Crippen molar-refractivity contribution in [3.8, 4) is 11.1 Å². The lowest BCUT2D eigenvalue weighted by Crippen LogP contribution is -2.53. The number of carbonyl (C=O) groups is 5. The molecular formula is C24H22F2N4O6S3. The summed E-state index contributed by atoms with van der Waals surface area (Å²) in [6, 6.07) is 2.88. The van der Waals surface area contributed by atoms with Crippen LogP contribution in [0.3, 0.4) is 0 Å². The number of thiocarbonyl (C=S) groups is 1. The maximum absolute atomic E-state index is 13.6. The number of halogens is 2. The van der Waals surface area contributed by atoms with Gasteiger partial charge in [-0.3, -0.25) is 28.9 Å². The topological polar surface area (TPSA) is 159 Å². The predicted molar refractivity (Wildman–Crippen MR) is 145 cm³/mol. The van der Waals surface area contributed by atoms with E-state index < -0.39 is 66.3 Å². The fourth-order valence-corrected chi connectivity index (χ4v) is 5.54. The maximum atomic E-state index is 13.6. The van der Waals surface area contributed by atoms with E-state index in [9.17, 15) is 32.8 Å². The fraction of sp³-hybridized carbons (Fsp3) is 0.250. The Balaban J connectivity index is 1.60. The van der Waals surface area contributed by atoms with Crippen molar-refractivity contribution in [2.75, 3.05) is 6.54 Å². The summed E-state index contributed by atoms with van der Waals surface area (Å²) in [7, 11) is 0. The molecule has 1 saturated heterocycles. The van der Waals surface area contributed by atoms with Crippen LogP contribution in [0.2, 0.25) is 0 Å². The normalized spacial score (nSPS) is 15.8. The van der Waals surface area contributed by atoms with E-state index in [4.69, 9.17) is 23.1 Å². The number of thiophene rings is 1. The molecule has 0 bridgehead atoms. The van der Waals surface area contributed by atoms with Gasteiger partial charge in [-0.2, -0.15) is 0 Å². The highest BCUT2D eigenvalue weighted by molar-refractivity contribution is 8.26. The van der Waals surface area contributed by atoms with Gasteiger partial charge in [-0.1, -0.05) is 30.0 Å². The van der Waals surface area contributed by atoms with Gasteiger partial charge in [0.1, 0.15) is 22.9 Å². The number of carbonyl (C=O) groups excluding carboxylic acids is 4. The van der Waals surface area contributed by atoms with Crippen LogP contribution in [0.15, 0.2) is 34.6 Å². The minimum atomic E-state index is -1.23. The second kappa shape index (κ2) is 12.9. The van der Waals surface area contributed by atoms with Crippen LogP contribution < -0.4 is 16.4 Å². The lowest BCUT2D eigenvalue weighted by molar-refractivity contribution is -0.138. The summed E-state index contributed by atoms with van der Waals surface area (Å²) in [5, 5.41) is 15.2. The Kier molecular flexibility index (Phi) is 9.88. The molecule has 1 aromatic heterocycles. The van der Waals surface area contributed by atoms with E-state index >= 15 is 0 Å². The van der Waals surface area contributed by atoms with Gasteiger partial charge >= 0.3 is 5.97 Å². The number of rotatable bonds is 11.